The van der Waals surface area contributed by atoms with E-state index < -0.39 is 10.3 Å². The van der Waals surface area contributed by atoms with Gasteiger partial charge in [-0.05, 0) is 18.3 Å². The molecule has 0 aliphatic carbocycles. The van der Waals surface area contributed by atoms with Crippen molar-refractivity contribution >= 4 is 10.3 Å². The Bertz CT molecular complexity index is 215. The molecule has 0 atom stereocenters. The number of hydrogen-bond donors (Lipinski definition) is 2. The molecule has 0 aromatic heterocycles. The highest BCUT2D eigenvalue weighted by atomic mass is 32.2. The summed E-state index contributed by atoms with van der Waals surface area (Å²) in [6.07, 6.45) is 1.67. The van der Waals surface area contributed by atoms with Gasteiger partial charge in [0.05, 0.1) is 0 Å². The van der Waals surface area contributed by atoms with Crippen LogP contribution in [0.2, 0.25) is 0 Å². The minimum Gasteiger partial charge on any atom is -0.273 e. The van der Waals surface area contributed by atoms with Crippen LogP contribution >= 0.6 is 0 Å². The Kier molecular flexibility index (Phi) is 4.16. The standard InChI is InChI=1S/C7H17NO3S/c1-7(2,3)5-4-6-8-12(9,10)11/h8H,4-6H2,1-3H3,(H,9,10,11). The van der Waals surface area contributed by atoms with Crippen molar-refractivity contribution in [2.75, 3.05) is 6.54 Å². The minimum absolute atomic E-state index is 0.209. The molecule has 2 N–H and O–H groups in total. The average molecular weight is 195 g/mol. The average Bonchev–Trinajstić information content (AvgIpc) is 1.76. The van der Waals surface area contributed by atoms with Gasteiger partial charge in [-0.25, -0.2) is 0 Å². The maximum Gasteiger partial charge on any atom is 0.333 e. The summed E-state index contributed by atoms with van der Waals surface area (Å²) in [5, 5.41) is 0. The zero-order valence-electron chi connectivity index (χ0n) is 7.79. The molecule has 0 saturated carbocycles. The third-order valence-electron chi connectivity index (χ3n) is 1.39. The first-order valence-corrected chi connectivity index (χ1v) is 5.37. The molecule has 0 rings (SSSR count). The summed E-state index contributed by atoms with van der Waals surface area (Å²) < 4.78 is 30.7. The quantitative estimate of drug-likeness (QED) is 0.523. The molecule has 0 bridgehead atoms. The summed E-state index contributed by atoms with van der Waals surface area (Å²) in [4.78, 5) is 0. The van der Waals surface area contributed by atoms with Crippen LogP contribution in [0.5, 0.6) is 0 Å². The lowest BCUT2D eigenvalue weighted by Crippen LogP contribution is -2.24. The van der Waals surface area contributed by atoms with Crippen molar-refractivity contribution < 1.29 is 13.0 Å². The second-order valence-electron chi connectivity index (χ2n) is 4.03. The third-order valence-corrected chi connectivity index (χ3v) is 1.96. The molecule has 0 fully saturated rings. The molecule has 0 radical (unpaired) electrons. The summed E-state index contributed by atoms with van der Waals surface area (Å²) in [7, 11) is -3.99. The van der Waals surface area contributed by atoms with E-state index in [0.29, 0.717) is 6.54 Å². The van der Waals surface area contributed by atoms with Gasteiger partial charge in [0.2, 0.25) is 0 Å². The van der Waals surface area contributed by atoms with Crippen LogP contribution in [0.25, 0.3) is 0 Å². The monoisotopic (exact) mass is 195 g/mol. The van der Waals surface area contributed by atoms with Crippen molar-refractivity contribution in [1.29, 1.82) is 0 Å². The van der Waals surface area contributed by atoms with E-state index in [0.717, 1.165) is 12.8 Å². The van der Waals surface area contributed by atoms with E-state index in [1.165, 1.54) is 0 Å². The molecule has 5 heteroatoms. The largest absolute Gasteiger partial charge is 0.333 e. The normalized spacial score (nSPS) is 13.3. The van der Waals surface area contributed by atoms with Crippen LogP contribution in [0, 0.1) is 5.41 Å². The zero-order valence-corrected chi connectivity index (χ0v) is 8.61. The summed E-state index contributed by atoms with van der Waals surface area (Å²) in [5.41, 5.74) is 0.209. The van der Waals surface area contributed by atoms with Crippen molar-refractivity contribution in [2.24, 2.45) is 5.41 Å². The lowest BCUT2D eigenvalue weighted by atomic mass is 9.91. The van der Waals surface area contributed by atoms with Crippen LogP contribution in [0.4, 0.5) is 0 Å². The molecule has 0 saturated heterocycles. The molecule has 0 unspecified atom stereocenters. The zero-order chi connectivity index (χ0) is 9.83. The highest BCUT2D eigenvalue weighted by molar-refractivity contribution is 7.83. The summed E-state index contributed by atoms with van der Waals surface area (Å²) in [6, 6.07) is 0. The molecule has 12 heavy (non-hydrogen) atoms. The van der Waals surface area contributed by atoms with E-state index in [9.17, 15) is 8.42 Å². The van der Waals surface area contributed by atoms with Crippen molar-refractivity contribution in [3.8, 4) is 0 Å². The predicted molar refractivity (Wildman–Crippen MR) is 48.2 cm³/mol. The van der Waals surface area contributed by atoms with Gasteiger partial charge in [0.25, 0.3) is 0 Å². The fourth-order valence-electron chi connectivity index (χ4n) is 0.820. The van der Waals surface area contributed by atoms with Gasteiger partial charge in [0, 0.05) is 6.54 Å². The van der Waals surface area contributed by atoms with Gasteiger partial charge < -0.3 is 0 Å². The topological polar surface area (TPSA) is 66.4 Å². The van der Waals surface area contributed by atoms with E-state index >= 15 is 0 Å². The van der Waals surface area contributed by atoms with E-state index in [4.69, 9.17) is 4.55 Å². The molecular weight excluding hydrogens is 178 g/mol. The van der Waals surface area contributed by atoms with E-state index in [1.54, 1.807) is 0 Å². The number of nitrogens with one attached hydrogen (secondary N) is 1. The van der Waals surface area contributed by atoms with Crippen LogP contribution in [0.15, 0.2) is 0 Å². The van der Waals surface area contributed by atoms with Crippen molar-refractivity contribution in [3.05, 3.63) is 0 Å². The summed E-state index contributed by atoms with van der Waals surface area (Å²) in [6.45, 7) is 6.55. The third kappa shape index (κ3) is 9.87. The van der Waals surface area contributed by atoms with Gasteiger partial charge >= 0.3 is 10.3 Å². The van der Waals surface area contributed by atoms with Gasteiger partial charge in [-0.2, -0.15) is 13.1 Å². The lowest BCUT2D eigenvalue weighted by Gasteiger charge is -2.17. The van der Waals surface area contributed by atoms with Crippen molar-refractivity contribution in [3.63, 3.8) is 0 Å². The summed E-state index contributed by atoms with van der Waals surface area (Å²) >= 11 is 0. The second kappa shape index (κ2) is 4.20. The van der Waals surface area contributed by atoms with Gasteiger partial charge in [-0.1, -0.05) is 20.8 Å². The number of rotatable bonds is 4. The first-order valence-electron chi connectivity index (χ1n) is 3.93. The first kappa shape index (κ1) is 11.9. The molecule has 0 spiro atoms. The molecule has 74 valence electrons. The Hall–Kier alpha value is -0.130. The van der Waals surface area contributed by atoms with Crippen LogP contribution < -0.4 is 4.72 Å². The Morgan fingerprint density at radius 3 is 2.17 bits per heavy atom. The Balaban J connectivity index is 3.48. The molecule has 4 nitrogen and oxygen atoms in total. The van der Waals surface area contributed by atoms with Crippen molar-refractivity contribution in [2.45, 2.75) is 33.6 Å². The molecule has 0 aliphatic heterocycles. The Labute approximate surface area is 74.2 Å². The van der Waals surface area contributed by atoms with Crippen LogP contribution in [0.1, 0.15) is 33.6 Å². The van der Waals surface area contributed by atoms with Crippen LogP contribution in [0.3, 0.4) is 0 Å². The van der Waals surface area contributed by atoms with E-state index in [1.807, 2.05) is 4.72 Å². The van der Waals surface area contributed by atoms with E-state index in [2.05, 4.69) is 20.8 Å². The molecule has 0 aromatic carbocycles. The van der Waals surface area contributed by atoms with Crippen LogP contribution in [-0.2, 0) is 10.3 Å². The van der Waals surface area contributed by atoms with Gasteiger partial charge in [-0.3, -0.25) is 4.55 Å². The minimum atomic E-state index is -3.99. The lowest BCUT2D eigenvalue weighted by molar-refractivity contribution is 0.363. The predicted octanol–water partition coefficient (Wildman–Crippen LogP) is 1.21. The maximum absolute atomic E-state index is 10.2. The molecule has 0 aliphatic rings. The van der Waals surface area contributed by atoms with Gasteiger partial charge in [0.1, 0.15) is 0 Å². The number of hydrogen-bond acceptors (Lipinski definition) is 2. The first-order chi connectivity index (χ1) is 5.21. The fraction of sp³-hybridized carbons (Fsp3) is 1.00. The highest BCUT2D eigenvalue weighted by Crippen LogP contribution is 2.19. The van der Waals surface area contributed by atoms with Crippen LogP contribution in [-0.4, -0.2) is 19.5 Å². The molecule has 0 amide bonds. The molecule has 0 aromatic rings. The van der Waals surface area contributed by atoms with Gasteiger partial charge in [0.15, 0.2) is 0 Å². The second-order valence-corrected chi connectivity index (χ2v) is 5.27. The maximum atomic E-state index is 10.2. The summed E-state index contributed by atoms with van der Waals surface area (Å²) in [5.74, 6) is 0. The van der Waals surface area contributed by atoms with Gasteiger partial charge in [-0.15, -0.1) is 0 Å². The fourth-order valence-corrected chi connectivity index (χ4v) is 1.22. The van der Waals surface area contributed by atoms with E-state index in [-0.39, 0.29) is 5.41 Å². The Morgan fingerprint density at radius 2 is 1.83 bits per heavy atom. The molecule has 0 heterocycles. The molecular formula is C7H17NO3S. The highest BCUT2D eigenvalue weighted by Gasteiger charge is 2.09. The SMILES string of the molecule is CC(C)(C)CCCNS(=O)(=O)O. The Morgan fingerprint density at radius 1 is 1.33 bits per heavy atom. The smallest absolute Gasteiger partial charge is 0.273 e. The van der Waals surface area contributed by atoms with Crippen molar-refractivity contribution in [1.82, 2.24) is 4.72 Å².